The van der Waals surface area contributed by atoms with Gasteiger partial charge >= 0.3 is 0 Å². The fraction of sp³-hybridized carbons (Fsp3) is 0.182. The molecule has 1 aromatic carbocycles. The van der Waals surface area contributed by atoms with Crippen LogP contribution in [0.2, 0.25) is 0 Å². The van der Waals surface area contributed by atoms with Crippen LogP contribution in [0.4, 0.5) is 0 Å². The summed E-state index contributed by atoms with van der Waals surface area (Å²) in [5.74, 6) is 0. The number of rotatable bonds is 1. The smallest absolute Gasteiger partial charge is 0.0487 e. The Balaban J connectivity index is 2.96. The van der Waals surface area contributed by atoms with E-state index < -0.39 is 0 Å². The maximum absolute atomic E-state index is 7.30. The lowest BCUT2D eigenvalue weighted by Gasteiger charge is -1.98. The average Bonchev–Trinajstić information content (AvgIpc) is 2.45. The Hall–Kier alpha value is -1.57. The molecule has 1 N–H and O–H groups in total. The molecule has 1 aromatic heterocycles. The number of nitrogens with zero attached hydrogens (tertiary/aromatic N) is 1. The minimum absolute atomic E-state index is 0.996. The van der Waals surface area contributed by atoms with Crippen LogP contribution in [0.3, 0.4) is 0 Å². The maximum Gasteiger partial charge on any atom is 0.0487 e. The van der Waals surface area contributed by atoms with E-state index in [-0.39, 0.29) is 0 Å². The van der Waals surface area contributed by atoms with Gasteiger partial charge in [0.15, 0.2) is 0 Å². The lowest BCUT2D eigenvalue weighted by atomic mass is 10.1. The molecule has 0 atom stereocenters. The van der Waals surface area contributed by atoms with Crippen LogP contribution in [0.15, 0.2) is 24.4 Å². The van der Waals surface area contributed by atoms with Crippen molar-refractivity contribution < 1.29 is 0 Å². The number of hydrogen-bond acceptors (Lipinski definition) is 1. The highest BCUT2D eigenvalue weighted by molar-refractivity contribution is 6.00. The highest BCUT2D eigenvalue weighted by atomic mass is 14.9. The third kappa shape index (κ3) is 1.06. The van der Waals surface area contributed by atoms with E-state index >= 15 is 0 Å². The lowest BCUT2D eigenvalue weighted by molar-refractivity contribution is 0.968. The molecule has 0 amide bonds. The molecule has 0 aliphatic heterocycles. The largest absolute Gasteiger partial charge is 0.350 e. The monoisotopic (exact) mass is 172 g/mol. The molecule has 2 heteroatoms. The summed E-state index contributed by atoms with van der Waals surface area (Å²) in [4.78, 5) is 0. The summed E-state index contributed by atoms with van der Waals surface area (Å²) in [7, 11) is 2.01. The predicted molar refractivity (Wildman–Crippen MR) is 55.5 cm³/mol. The Morgan fingerprint density at radius 3 is 2.85 bits per heavy atom. The van der Waals surface area contributed by atoms with Gasteiger partial charge in [-0.1, -0.05) is 12.1 Å². The molecular formula is C11H12N2. The number of fused-ring (bicyclic) bond motifs is 1. The third-order valence-electron chi connectivity index (χ3n) is 2.41. The first-order valence-corrected chi connectivity index (χ1v) is 4.29. The zero-order valence-corrected chi connectivity index (χ0v) is 7.83. The van der Waals surface area contributed by atoms with E-state index in [4.69, 9.17) is 5.41 Å². The quantitative estimate of drug-likeness (QED) is 0.640. The van der Waals surface area contributed by atoms with Gasteiger partial charge in [-0.15, -0.1) is 0 Å². The van der Waals surface area contributed by atoms with Crippen molar-refractivity contribution in [2.75, 3.05) is 0 Å². The molecule has 0 unspecified atom stereocenters. The second-order valence-corrected chi connectivity index (χ2v) is 3.31. The SMILES string of the molecule is Cc1cccc2c1c(C=N)cn2C. The topological polar surface area (TPSA) is 28.8 Å². The Bertz CT molecular complexity index is 466. The Morgan fingerprint density at radius 2 is 2.15 bits per heavy atom. The van der Waals surface area contributed by atoms with Gasteiger partial charge in [0.25, 0.3) is 0 Å². The summed E-state index contributed by atoms with van der Waals surface area (Å²) in [5, 5.41) is 8.49. The molecule has 2 nitrogen and oxygen atoms in total. The summed E-state index contributed by atoms with van der Waals surface area (Å²) in [6.45, 7) is 2.08. The van der Waals surface area contributed by atoms with Gasteiger partial charge in [-0.25, -0.2) is 0 Å². The Kier molecular flexibility index (Phi) is 1.69. The number of aromatic nitrogens is 1. The van der Waals surface area contributed by atoms with Crippen LogP contribution in [-0.4, -0.2) is 10.8 Å². The number of hydrogen-bond donors (Lipinski definition) is 1. The van der Waals surface area contributed by atoms with Crippen LogP contribution in [0.5, 0.6) is 0 Å². The molecule has 2 rings (SSSR count). The fourth-order valence-corrected chi connectivity index (χ4v) is 1.77. The standard InChI is InChI=1S/C11H12N2/c1-8-4-3-5-10-11(8)9(6-12)7-13(10)2/h3-7,12H,1-2H3. The van der Waals surface area contributed by atoms with Crippen LogP contribution in [-0.2, 0) is 7.05 Å². The second-order valence-electron chi connectivity index (χ2n) is 3.31. The molecular weight excluding hydrogens is 160 g/mol. The van der Waals surface area contributed by atoms with Crippen LogP contribution in [0, 0.1) is 12.3 Å². The predicted octanol–water partition coefficient (Wildman–Crippen LogP) is 2.48. The second kappa shape index (κ2) is 2.73. The molecule has 0 spiro atoms. The first-order valence-electron chi connectivity index (χ1n) is 4.29. The first kappa shape index (κ1) is 8.05. The van der Waals surface area contributed by atoms with Crippen LogP contribution < -0.4 is 0 Å². The molecule has 0 bridgehead atoms. The highest BCUT2D eigenvalue weighted by Gasteiger charge is 2.05. The average molecular weight is 172 g/mol. The van der Waals surface area contributed by atoms with Crippen LogP contribution in [0.1, 0.15) is 11.1 Å². The van der Waals surface area contributed by atoms with E-state index in [1.54, 1.807) is 0 Å². The number of aryl methyl sites for hydroxylation is 2. The van der Waals surface area contributed by atoms with Crippen LogP contribution >= 0.6 is 0 Å². The zero-order valence-electron chi connectivity index (χ0n) is 7.83. The molecule has 0 fully saturated rings. The minimum atomic E-state index is 0.996. The van der Waals surface area contributed by atoms with Crippen molar-refractivity contribution in [2.24, 2.45) is 7.05 Å². The molecule has 66 valence electrons. The van der Waals surface area contributed by atoms with E-state index in [1.165, 1.54) is 22.7 Å². The van der Waals surface area contributed by atoms with E-state index in [0.717, 1.165) is 5.56 Å². The van der Waals surface area contributed by atoms with Crippen molar-refractivity contribution in [2.45, 2.75) is 6.92 Å². The fourth-order valence-electron chi connectivity index (χ4n) is 1.77. The third-order valence-corrected chi connectivity index (χ3v) is 2.41. The van der Waals surface area contributed by atoms with Gasteiger partial charge in [0.05, 0.1) is 0 Å². The van der Waals surface area contributed by atoms with Gasteiger partial charge in [0.1, 0.15) is 0 Å². The molecule has 0 saturated carbocycles. The van der Waals surface area contributed by atoms with Gasteiger partial charge in [-0.05, 0) is 18.6 Å². The van der Waals surface area contributed by atoms with Crippen molar-refractivity contribution in [3.8, 4) is 0 Å². The molecule has 2 aromatic rings. The van der Waals surface area contributed by atoms with E-state index in [1.807, 2.05) is 19.3 Å². The molecule has 0 radical (unpaired) electrons. The summed E-state index contributed by atoms with van der Waals surface area (Å²) >= 11 is 0. The number of benzene rings is 1. The summed E-state index contributed by atoms with van der Waals surface area (Å²) in [6.07, 6.45) is 3.40. The summed E-state index contributed by atoms with van der Waals surface area (Å²) in [6, 6.07) is 6.20. The highest BCUT2D eigenvalue weighted by Crippen LogP contribution is 2.22. The van der Waals surface area contributed by atoms with E-state index in [2.05, 4.69) is 23.6 Å². The first-order chi connectivity index (χ1) is 6.24. The maximum atomic E-state index is 7.30. The van der Waals surface area contributed by atoms with Gasteiger partial charge in [-0.2, -0.15) is 0 Å². The lowest BCUT2D eigenvalue weighted by Crippen LogP contribution is -1.83. The van der Waals surface area contributed by atoms with Crippen molar-refractivity contribution in [3.63, 3.8) is 0 Å². The van der Waals surface area contributed by atoms with E-state index in [9.17, 15) is 0 Å². The van der Waals surface area contributed by atoms with Crippen molar-refractivity contribution in [3.05, 3.63) is 35.5 Å². The molecule has 0 aliphatic carbocycles. The van der Waals surface area contributed by atoms with Crippen molar-refractivity contribution >= 4 is 17.1 Å². The zero-order chi connectivity index (χ0) is 9.42. The normalized spacial score (nSPS) is 10.6. The van der Waals surface area contributed by atoms with Crippen LogP contribution in [0.25, 0.3) is 10.9 Å². The van der Waals surface area contributed by atoms with E-state index in [0.29, 0.717) is 0 Å². The van der Waals surface area contributed by atoms with Gasteiger partial charge in [0, 0.05) is 35.9 Å². The minimum Gasteiger partial charge on any atom is -0.350 e. The Morgan fingerprint density at radius 1 is 1.38 bits per heavy atom. The van der Waals surface area contributed by atoms with Gasteiger partial charge < -0.3 is 9.98 Å². The molecule has 1 heterocycles. The molecule has 0 saturated heterocycles. The van der Waals surface area contributed by atoms with Crippen molar-refractivity contribution in [1.29, 1.82) is 5.41 Å². The summed E-state index contributed by atoms with van der Waals surface area (Å²) < 4.78 is 2.06. The summed E-state index contributed by atoms with van der Waals surface area (Å²) in [5.41, 5.74) is 3.42. The van der Waals surface area contributed by atoms with Crippen molar-refractivity contribution in [1.82, 2.24) is 4.57 Å². The number of nitrogens with one attached hydrogen (secondary N) is 1. The van der Waals surface area contributed by atoms with Gasteiger partial charge in [0.2, 0.25) is 0 Å². The molecule has 0 aliphatic rings. The molecule has 13 heavy (non-hydrogen) atoms. The Labute approximate surface area is 77.3 Å². The van der Waals surface area contributed by atoms with Gasteiger partial charge in [-0.3, -0.25) is 0 Å².